The van der Waals surface area contributed by atoms with Crippen LogP contribution in [0.25, 0.3) is 0 Å². The molecule has 0 radical (unpaired) electrons. The zero-order chi connectivity index (χ0) is 14.6. The predicted octanol–water partition coefficient (Wildman–Crippen LogP) is 3.59. The van der Waals surface area contributed by atoms with Crippen molar-refractivity contribution in [2.75, 3.05) is 6.61 Å². The minimum atomic E-state index is -0.297. The lowest BCUT2D eigenvalue weighted by Gasteiger charge is -2.49. The largest absolute Gasteiger partial charge is 0.493 e. The number of benzene rings is 1. The van der Waals surface area contributed by atoms with Crippen molar-refractivity contribution in [1.82, 2.24) is 0 Å². The predicted molar refractivity (Wildman–Crippen MR) is 79.2 cm³/mol. The quantitative estimate of drug-likeness (QED) is 0.730. The van der Waals surface area contributed by atoms with Gasteiger partial charge in [0.2, 0.25) is 0 Å². The Labute approximate surface area is 124 Å². The van der Waals surface area contributed by atoms with E-state index in [4.69, 9.17) is 9.47 Å². The number of fused-ring (bicyclic) bond motifs is 4. The van der Waals surface area contributed by atoms with Crippen LogP contribution < -0.4 is 4.74 Å². The van der Waals surface area contributed by atoms with Crippen LogP contribution in [0.3, 0.4) is 0 Å². The van der Waals surface area contributed by atoms with Gasteiger partial charge in [-0.15, -0.1) is 0 Å². The summed E-state index contributed by atoms with van der Waals surface area (Å²) in [6.07, 6.45) is 2.44. The summed E-state index contributed by atoms with van der Waals surface area (Å²) >= 11 is 0. The van der Waals surface area contributed by atoms with Gasteiger partial charge in [0.15, 0.2) is 5.78 Å². The van der Waals surface area contributed by atoms with Gasteiger partial charge in [0.1, 0.15) is 17.1 Å². The van der Waals surface area contributed by atoms with E-state index in [0.717, 1.165) is 35.5 Å². The second kappa shape index (κ2) is 4.36. The lowest BCUT2D eigenvalue weighted by molar-refractivity contribution is -0.121. The van der Waals surface area contributed by atoms with Crippen molar-refractivity contribution in [3.05, 3.63) is 41.2 Å². The fourth-order valence-electron chi connectivity index (χ4n) is 4.00. The van der Waals surface area contributed by atoms with E-state index in [9.17, 15) is 4.79 Å². The normalized spacial score (nSPS) is 29.7. The number of hydrogen-bond donors (Lipinski definition) is 0. The van der Waals surface area contributed by atoms with E-state index in [1.54, 1.807) is 0 Å². The third-order valence-electron chi connectivity index (χ3n) is 5.07. The molecule has 21 heavy (non-hydrogen) atoms. The van der Waals surface area contributed by atoms with Crippen molar-refractivity contribution in [2.24, 2.45) is 5.92 Å². The highest BCUT2D eigenvalue weighted by Gasteiger charge is 2.50. The second-order valence-electron chi connectivity index (χ2n) is 6.75. The van der Waals surface area contributed by atoms with Crippen LogP contribution in [0, 0.1) is 5.92 Å². The summed E-state index contributed by atoms with van der Waals surface area (Å²) in [6.45, 7) is 4.84. The van der Waals surface area contributed by atoms with Crippen LogP contribution in [0.15, 0.2) is 35.6 Å². The number of ether oxygens (including phenoxy) is 2. The minimum Gasteiger partial charge on any atom is -0.493 e. The van der Waals surface area contributed by atoms with E-state index in [1.807, 2.05) is 18.2 Å². The molecule has 1 aliphatic carbocycles. The summed E-state index contributed by atoms with van der Waals surface area (Å²) in [6, 6.07) is 8.11. The zero-order valence-electron chi connectivity index (χ0n) is 12.5. The van der Waals surface area contributed by atoms with Crippen LogP contribution >= 0.6 is 0 Å². The van der Waals surface area contributed by atoms with Crippen LogP contribution in [0.4, 0.5) is 0 Å². The molecule has 2 atom stereocenters. The van der Waals surface area contributed by atoms with Gasteiger partial charge in [0, 0.05) is 35.8 Å². The van der Waals surface area contributed by atoms with Crippen LogP contribution in [0.1, 0.15) is 44.6 Å². The first kappa shape index (κ1) is 12.9. The molecule has 3 nitrogen and oxygen atoms in total. The van der Waals surface area contributed by atoms with Gasteiger partial charge in [0.25, 0.3) is 0 Å². The van der Waals surface area contributed by atoms with Crippen molar-refractivity contribution in [3.63, 3.8) is 0 Å². The Balaban J connectivity index is 1.93. The van der Waals surface area contributed by atoms with Crippen molar-refractivity contribution in [3.8, 4) is 5.75 Å². The minimum absolute atomic E-state index is 0.126. The van der Waals surface area contributed by atoms with Crippen molar-refractivity contribution >= 4 is 5.78 Å². The summed E-state index contributed by atoms with van der Waals surface area (Å²) < 4.78 is 12.1. The molecule has 3 heteroatoms. The van der Waals surface area contributed by atoms with Crippen molar-refractivity contribution in [1.29, 1.82) is 0 Å². The number of allylic oxidation sites excluding steroid dienone is 2. The van der Waals surface area contributed by atoms with E-state index in [0.29, 0.717) is 13.0 Å². The Kier molecular flexibility index (Phi) is 2.69. The molecule has 4 rings (SSSR count). The van der Waals surface area contributed by atoms with Crippen LogP contribution in [-0.2, 0) is 9.53 Å². The maximum absolute atomic E-state index is 12.5. The first-order chi connectivity index (χ1) is 10.1. The summed E-state index contributed by atoms with van der Waals surface area (Å²) in [5.74, 6) is 2.42. The van der Waals surface area contributed by atoms with Gasteiger partial charge < -0.3 is 9.47 Å². The number of Topliss-reactive ketones (excluding diaryl/α,β-unsaturated/α-hetero) is 1. The molecule has 1 aromatic rings. The Morgan fingerprint density at radius 1 is 1.19 bits per heavy atom. The molecule has 0 spiro atoms. The maximum Gasteiger partial charge on any atom is 0.162 e. The lowest BCUT2D eigenvalue weighted by Crippen LogP contribution is -2.49. The van der Waals surface area contributed by atoms with Gasteiger partial charge in [-0.3, -0.25) is 4.79 Å². The highest BCUT2D eigenvalue weighted by Crippen LogP contribution is 2.53. The molecule has 2 aliphatic heterocycles. The third kappa shape index (κ3) is 1.83. The van der Waals surface area contributed by atoms with Gasteiger partial charge >= 0.3 is 0 Å². The number of rotatable bonds is 0. The Hall–Kier alpha value is -1.77. The Morgan fingerprint density at radius 2 is 2.00 bits per heavy atom. The number of carbonyl (C=O) groups is 1. The molecule has 0 unspecified atom stereocenters. The van der Waals surface area contributed by atoms with E-state index in [2.05, 4.69) is 19.9 Å². The fourth-order valence-corrected chi connectivity index (χ4v) is 4.00. The summed E-state index contributed by atoms with van der Waals surface area (Å²) in [4.78, 5) is 12.5. The van der Waals surface area contributed by atoms with E-state index >= 15 is 0 Å². The molecule has 2 heterocycles. The van der Waals surface area contributed by atoms with E-state index in [1.165, 1.54) is 0 Å². The monoisotopic (exact) mass is 284 g/mol. The molecule has 0 fully saturated rings. The first-order valence-corrected chi connectivity index (χ1v) is 7.75. The van der Waals surface area contributed by atoms with Gasteiger partial charge in [0.05, 0.1) is 6.61 Å². The average molecular weight is 284 g/mol. The number of hydrogen-bond acceptors (Lipinski definition) is 3. The molecule has 0 saturated heterocycles. The lowest BCUT2D eigenvalue weighted by atomic mass is 9.67. The highest BCUT2D eigenvalue weighted by atomic mass is 16.5. The van der Waals surface area contributed by atoms with Crippen LogP contribution in [-0.4, -0.2) is 18.0 Å². The molecule has 0 amide bonds. The summed E-state index contributed by atoms with van der Waals surface area (Å²) in [7, 11) is 0. The van der Waals surface area contributed by atoms with Crippen molar-refractivity contribution in [2.45, 2.75) is 44.6 Å². The molecule has 3 aliphatic rings. The Morgan fingerprint density at radius 3 is 2.86 bits per heavy atom. The topological polar surface area (TPSA) is 35.5 Å². The molecular formula is C18H20O3. The maximum atomic E-state index is 12.5. The number of carbonyl (C=O) groups excluding carboxylic acids is 1. The molecule has 0 N–H and O–H groups in total. The van der Waals surface area contributed by atoms with Crippen LogP contribution in [0.2, 0.25) is 0 Å². The highest BCUT2D eigenvalue weighted by molar-refractivity contribution is 5.98. The Bertz CT molecular complexity index is 642. The first-order valence-electron chi connectivity index (χ1n) is 7.75. The molecule has 1 aromatic carbocycles. The molecule has 0 saturated carbocycles. The smallest absolute Gasteiger partial charge is 0.162 e. The van der Waals surface area contributed by atoms with Gasteiger partial charge in [-0.05, 0) is 26.3 Å². The standard InChI is InChI=1S/C18H20O3/c1-18(2)12-10-20-14-8-4-3-6-11(14)16(12)17-13(19)7-5-9-15(17)21-18/h3-4,6,8,12,16H,5,7,9-10H2,1-2H3/t12-,16+/m0/s1. The number of para-hydroxylation sites is 1. The molecule has 0 bridgehead atoms. The SMILES string of the molecule is CC1(C)OC2=C(C(=O)CCC2)[C@@H]2c3ccccc3OC[C@@H]21. The second-order valence-corrected chi connectivity index (χ2v) is 6.75. The molecule has 0 aromatic heterocycles. The third-order valence-corrected chi connectivity index (χ3v) is 5.07. The van der Waals surface area contributed by atoms with Crippen LogP contribution in [0.5, 0.6) is 5.75 Å². The van der Waals surface area contributed by atoms with Crippen molar-refractivity contribution < 1.29 is 14.3 Å². The number of ketones is 1. The summed E-state index contributed by atoms with van der Waals surface area (Å²) in [5.41, 5.74) is 1.77. The van der Waals surface area contributed by atoms with Gasteiger partial charge in [-0.2, -0.15) is 0 Å². The summed E-state index contributed by atoms with van der Waals surface area (Å²) in [5, 5.41) is 0. The molecular weight excluding hydrogens is 264 g/mol. The van der Waals surface area contributed by atoms with E-state index < -0.39 is 0 Å². The van der Waals surface area contributed by atoms with Gasteiger partial charge in [-0.1, -0.05) is 18.2 Å². The van der Waals surface area contributed by atoms with E-state index in [-0.39, 0.29) is 23.2 Å². The average Bonchev–Trinajstić information content (AvgIpc) is 2.46. The fraction of sp³-hybridized carbons (Fsp3) is 0.500. The molecule has 110 valence electrons. The zero-order valence-corrected chi connectivity index (χ0v) is 12.5. The van der Waals surface area contributed by atoms with Gasteiger partial charge in [-0.25, -0.2) is 0 Å².